The van der Waals surface area contributed by atoms with Crippen molar-refractivity contribution in [1.29, 1.82) is 0 Å². The third-order valence-corrected chi connectivity index (χ3v) is 3.93. The van der Waals surface area contributed by atoms with E-state index >= 15 is 0 Å². The molecule has 3 aromatic rings. The van der Waals surface area contributed by atoms with Gasteiger partial charge in [-0.2, -0.15) is 14.9 Å². The molecule has 0 aliphatic rings. The van der Waals surface area contributed by atoms with Crippen molar-refractivity contribution in [3.8, 4) is 17.1 Å². The van der Waals surface area contributed by atoms with Crippen LogP contribution in [0, 0.1) is 4.77 Å². The first-order valence-corrected chi connectivity index (χ1v) is 7.99. The van der Waals surface area contributed by atoms with Crippen molar-refractivity contribution in [1.82, 2.24) is 14.9 Å². The molecule has 0 saturated carbocycles. The van der Waals surface area contributed by atoms with Gasteiger partial charge in [-0.15, -0.1) is 0 Å². The van der Waals surface area contributed by atoms with Crippen LogP contribution < -0.4 is 4.74 Å². The van der Waals surface area contributed by atoms with Crippen LogP contribution in [0.2, 0.25) is 0 Å². The fourth-order valence-corrected chi connectivity index (χ4v) is 2.61. The van der Waals surface area contributed by atoms with E-state index in [-0.39, 0.29) is 0 Å². The first kappa shape index (κ1) is 15.6. The van der Waals surface area contributed by atoms with Crippen LogP contribution in [0.25, 0.3) is 11.4 Å². The third-order valence-electron chi connectivity index (χ3n) is 3.17. The van der Waals surface area contributed by atoms with E-state index < -0.39 is 0 Å². The van der Waals surface area contributed by atoms with Crippen LogP contribution in [-0.2, 0) is 0 Å². The Morgan fingerprint density at radius 3 is 2.74 bits per heavy atom. The lowest BCUT2D eigenvalue weighted by Crippen LogP contribution is -1.95. The summed E-state index contributed by atoms with van der Waals surface area (Å²) in [6, 6.07) is 15.4. The third kappa shape index (κ3) is 3.57. The predicted octanol–water partition coefficient (Wildman–Crippen LogP) is 4.26. The number of aromatic nitrogens is 3. The molecule has 0 aliphatic heterocycles. The Labute approximate surface area is 146 Å². The summed E-state index contributed by atoms with van der Waals surface area (Å²) in [7, 11) is 1.64. The summed E-state index contributed by atoms with van der Waals surface area (Å²) in [6.07, 6.45) is 1.73. The van der Waals surface area contributed by atoms with Crippen molar-refractivity contribution in [3.63, 3.8) is 0 Å². The number of methoxy groups -OCH3 is 1. The van der Waals surface area contributed by atoms with E-state index in [0.717, 1.165) is 21.3 Å². The largest absolute Gasteiger partial charge is 0.497 e. The number of rotatable bonds is 4. The molecule has 0 saturated heterocycles. The molecule has 7 heteroatoms. The van der Waals surface area contributed by atoms with Crippen LogP contribution in [0.15, 0.2) is 58.1 Å². The Kier molecular flexibility index (Phi) is 4.68. The minimum absolute atomic E-state index is 0.435. The number of aromatic amines is 1. The SMILES string of the molecule is COc1ccc(/C=N\n2c(-c3cccc(Br)c3)n[nH]c2=S)cc1. The van der Waals surface area contributed by atoms with Gasteiger partial charge in [0.25, 0.3) is 0 Å². The minimum atomic E-state index is 0.435. The maximum Gasteiger partial charge on any atom is 0.216 e. The first-order valence-electron chi connectivity index (χ1n) is 6.79. The van der Waals surface area contributed by atoms with Crippen LogP contribution in [0.1, 0.15) is 5.56 Å². The monoisotopic (exact) mass is 388 g/mol. The Balaban J connectivity index is 1.95. The number of benzene rings is 2. The van der Waals surface area contributed by atoms with Crippen LogP contribution in [0.4, 0.5) is 0 Å². The molecule has 1 aromatic heterocycles. The van der Waals surface area contributed by atoms with Crippen molar-refractivity contribution < 1.29 is 4.74 Å². The number of halogens is 1. The van der Waals surface area contributed by atoms with E-state index in [1.54, 1.807) is 18.0 Å². The molecule has 1 N–H and O–H groups in total. The molecule has 0 amide bonds. The molecule has 5 nitrogen and oxygen atoms in total. The summed E-state index contributed by atoms with van der Waals surface area (Å²) in [6.45, 7) is 0. The van der Waals surface area contributed by atoms with Gasteiger partial charge in [0.1, 0.15) is 5.75 Å². The van der Waals surface area contributed by atoms with Gasteiger partial charge in [-0.05, 0) is 54.2 Å². The maximum atomic E-state index is 5.26. The molecule has 0 bridgehead atoms. The molecule has 0 aliphatic carbocycles. The van der Waals surface area contributed by atoms with E-state index in [0.29, 0.717) is 10.6 Å². The molecule has 0 spiro atoms. The lowest BCUT2D eigenvalue weighted by Gasteiger charge is -2.02. The van der Waals surface area contributed by atoms with Gasteiger partial charge in [0.15, 0.2) is 5.82 Å². The van der Waals surface area contributed by atoms with Crippen molar-refractivity contribution in [2.75, 3.05) is 7.11 Å². The zero-order valence-electron chi connectivity index (χ0n) is 12.2. The number of nitrogens with one attached hydrogen (secondary N) is 1. The fourth-order valence-electron chi connectivity index (χ4n) is 2.03. The molecule has 3 rings (SSSR count). The van der Waals surface area contributed by atoms with Gasteiger partial charge in [0, 0.05) is 10.0 Å². The highest BCUT2D eigenvalue weighted by molar-refractivity contribution is 9.10. The molecule has 0 radical (unpaired) electrons. The second-order valence-electron chi connectivity index (χ2n) is 4.69. The lowest BCUT2D eigenvalue weighted by molar-refractivity contribution is 0.415. The standard InChI is InChI=1S/C16H13BrN4OS/c1-22-14-7-5-11(6-8-14)10-18-21-15(19-20-16(21)23)12-3-2-4-13(17)9-12/h2-10H,1H3,(H,20,23)/b18-10-. The molecule has 1 heterocycles. The number of hydrogen-bond acceptors (Lipinski definition) is 4. The molecule has 2 aromatic carbocycles. The maximum absolute atomic E-state index is 5.26. The van der Waals surface area contributed by atoms with Crippen molar-refractivity contribution >= 4 is 34.4 Å². The van der Waals surface area contributed by atoms with Gasteiger partial charge in [-0.25, -0.2) is 5.10 Å². The summed E-state index contributed by atoms with van der Waals surface area (Å²) >= 11 is 8.72. The highest BCUT2D eigenvalue weighted by Crippen LogP contribution is 2.21. The van der Waals surface area contributed by atoms with Crippen molar-refractivity contribution in [2.45, 2.75) is 0 Å². The summed E-state index contributed by atoms with van der Waals surface area (Å²) in [4.78, 5) is 0. The summed E-state index contributed by atoms with van der Waals surface area (Å²) in [5, 5.41) is 11.5. The number of hydrogen-bond donors (Lipinski definition) is 1. The Morgan fingerprint density at radius 1 is 1.26 bits per heavy atom. The fraction of sp³-hybridized carbons (Fsp3) is 0.0625. The highest BCUT2D eigenvalue weighted by Gasteiger charge is 2.08. The molecular weight excluding hydrogens is 376 g/mol. The van der Waals surface area contributed by atoms with Crippen molar-refractivity contribution in [3.05, 3.63) is 63.3 Å². The van der Waals surface area contributed by atoms with E-state index in [1.165, 1.54) is 0 Å². The van der Waals surface area contributed by atoms with Crippen LogP contribution >= 0.6 is 28.1 Å². The predicted molar refractivity (Wildman–Crippen MR) is 96.5 cm³/mol. The summed E-state index contributed by atoms with van der Waals surface area (Å²) in [5.41, 5.74) is 1.85. The van der Waals surface area contributed by atoms with Gasteiger partial charge in [0.2, 0.25) is 4.77 Å². The summed E-state index contributed by atoms with van der Waals surface area (Å²) in [5.74, 6) is 1.46. The molecule has 116 valence electrons. The number of H-pyrrole nitrogens is 1. The van der Waals surface area contributed by atoms with Crippen LogP contribution in [0.3, 0.4) is 0 Å². The zero-order chi connectivity index (χ0) is 16.2. The topological polar surface area (TPSA) is 55.2 Å². The smallest absolute Gasteiger partial charge is 0.216 e. The van der Waals surface area contributed by atoms with Gasteiger partial charge < -0.3 is 4.74 Å². The normalized spacial score (nSPS) is 11.0. The van der Waals surface area contributed by atoms with Gasteiger partial charge in [-0.1, -0.05) is 28.1 Å². The van der Waals surface area contributed by atoms with Crippen LogP contribution in [-0.4, -0.2) is 28.2 Å². The Hall–Kier alpha value is -2.25. The van der Waals surface area contributed by atoms with E-state index in [1.807, 2.05) is 48.5 Å². The molecule has 23 heavy (non-hydrogen) atoms. The van der Waals surface area contributed by atoms with E-state index in [9.17, 15) is 0 Å². The van der Waals surface area contributed by atoms with Crippen molar-refractivity contribution in [2.24, 2.45) is 5.10 Å². The average Bonchev–Trinajstić information content (AvgIpc) is 2.94. The van der Waals surface area contributed by atoms with Gasteiger partial charge in [-0.3, -0.25) is 0 Å². The first-order chi connectivity index (χ1) is 11.2. The molecule has 0 unspecified atom stereocenters. The lowest BCUT2D eigenvalue weighted by atomic mass is 10.2. The summed E-state index contributed by atoms with van der Waals surface area (Å²) < 4.78 is 8.14. The Morgan fingerprint density at radius 2 is 2.04 bits per heavy atom. The van der Waals surface area contributed by atoms with Crippen LogP contribution in [0.5, 0.6) is 5.75 Å². The van der Waals surface area contributed by atoms with Gasteiger partial charge in [0.05, 0.1) is 13.3 Å². The van der Waals surface area contributed by atoms with E-state index in [2.05, 4.69) is 31.2 Å². The second kappa shape index (κ2) is 6.89. The number of ether oxygens (including phenoxy) is 1. The molecular formula is C16H13BrN4OS. The highest BCUT2D eigenvalue weighted by atomic mass is 79.9. The average molecular weight is 389 g/mol. The molecule has 0 fully saturated rings. The molecule has 0 atom stereocenters. The van der Waals surface area contributed by atoms with Gasteiger partial charge >= 0.3 is 0 Å². The second-order valence-corrected chi connectivity index (χ2v) is 5.99. The number of nitrogens with zero attached hydrogens (tertiary/aromatic N) is 3. The Bertz CT molecular complexity index is 899. The zero-order valence-corrected chi connectivity index (χ0v) is 14.6. The quantitative estimate of drug-likeness (QED) is 0.536. The minimum Gasteiger partial charge on any atom is -0.497 e. The van der Waals surface area contributed by atoms with E-state index in [4.69, 9.17) is 17.0 Å².